The summed E-state index contributed by atoms with van der Waals surface area (Å²) in [6.45, 7) is 9.47. The van der Waals surface area contributed by atoms with Crippen LogP contribution in [-0.4, -0.2) is 19.0 Å². The molecule has 2 unspecified atom stereocenters. The zero-order chi connectivity index (χ0) is 10.6. The van der Waals surface area contributed by atoms with Gasteiger partial charge >= 0.3 is 0 Å². The molecule has 1 saturated heterocycles. The minimum absolute atomic E-state index is 0.410. The highest BCUT2D eigenvalue weighted by Crippen LogP contribution is 2.27. The predicted molar refractivity (Wildman–Crippen MR) is 58.1 cm³/mol. The van der Waals surface area contributed by atoms with E-state index in [0.717, 1.165) is 6.42 Å². The molecule has 1 fully saturated rings. The topological polar surface area (TPSA) is 18.5 Å². The van der Waals surface area contributed by atoms with Crippen LogP contribution in [-0.2, 0) is 9.47 Å². The van der Waals surface area contributed by atoms with Crippen LogP contribution in [0.2, 0.25) is 0 Å². The van der Waals surface area contributed by atoms with Gasteiger partial charge in [-0.3, -0.25) is 0 Å². The van der Waals surface area contributed by atoms with Crippen LogP contribution < -0.4 is 0 Å². The molecule has 0 aromatic carbocycles. The lowest BCUT2D eigenvalue weighted by Crippen LogP contribution is -2.38. The second-order valence-electron chi connectivity index (χ2n) is 4.53. The Kier molecular flexibility index (Phi) is 4.90. The molecule has 84 valence electrons. The minimum atomic E-state index is 0.410. The van der Waals surface area contributed by atoms with Crippen LogP contribution in [0.4, 0.5) is 0 Å². The van der Waals surface area contributed by atoms with E-state index in [2.05, 4.69) is 27.7 Å². The summed E-state index contributed by atoms with van der Waals surface area (Å²) in [6, 6.07) is 0. The van der Waals surface area contributed by atoms with Gasteiger partial charge in [0.05, 0.1) is 12.2 Å². The third-order valence-corrected chi connectivity index (χ3v) is 3.59. The van der Waals surface area contributed by atoms with Crippen molar-refractivity contribution in [2.45, 2.75) is 59.2 Å². The average molecular weight is 200 g/mol. The van der Waals surface area contributed by atoms with Crippen LogP contribution >= 0.6 is 0 Å². The van der Waals surface area contributed by atoms with Crippen LogP contribution in [0.15, 0.2) is 0 Å². The minimum Gasteiger partial charge on any atom is -0.352 e. The summed E-state index contributed by atoms with van der Waals surface area (Å²) in [5.41, 5.74) is 0. The lowest BCUT2D eigenvalue weighted by atomic mass is 9.90. The van der Waals surface area contributed by atoms with E-state index >= 15 is 0 Å². The van der Waals surface area contributed by atoms with Gasteiger partial charge in [-0.25, -0.2) is 0 Å². The van der Waals surface area contributed by atoms with E-state index in [9.17, 15) is 0 Å². The SMILES string of the molecule is CCC(C)[C@@H]1C[C@H](C(C)CC)OCO1. The summed E-state index contributed by atoms with van der Waals surface area (Å²) >= 11 is 0. The van der Waals surface area contributed by atoms with E-state index < -0.39 is 0 Å². The van der Waals surface area contributed by atoms with Crippen molar-refractivity contribution < 1.29 is 9.47 Å². The van der Waals surface area contributed by atoms with Crippen molar-refractivity contribution in [3.05, 3.63) is 0 Å². The summed E-state index contributed by atoms with van der Waals surface area (Å²) < 4.78 is 11.3. The summed E-state index contributed by atoms with van der Waals surface area (Å²) in [4.78, 5) is 0. The Morgan fingerprint density at radius 3 is 1.79 bits per heavy atom. The van der Waals surface area contributed by atoms with Crippen molar-refractivity contribution in [1.29, 1.82) is 0 Å². The van der Waals surface area contributed by atoms with E-state index in [-0.39, 0.29) is 0 Å². The highest BCUT2D eigenvalue weighted by Gasteiger charge is 2.29. The molecular formula is C12H24O2. The molecule has 0 saturated carbocycles. The van der Waals surface area contributed by atoms with Crippen LogP contribution in [0, 0.1) is 11.8 Å². The van der Waals surface area contributed by atoms with Gasteiger partial charge in [0.15, 0.2) is 0 Å². The molecule has 14 heavy (non-hydrogen) atoms. The van der Waals surface area contributed by atoms with Crippen LogP contribution in [0.3, 0.4) is 0 Å². The smallest absolute Gasteiger partial charge is 0.147 e. The molecule has 2 nitrogen and oxygen atoms in total. The normalized spacial score (nSPS) is 32.6. The quantitative estimate of drug-likeness (QED) is 0.693. The first-order valence-corrected chi connectivity index (χ1v) is 5.92. The van der Waals surface area contributed by atoms with Crippen LogP contribution in [0.5, 0.6) is 0 Å². The first kappa shape index (κ1) is 12.0. The standard InChI is InChI=1S/C12H24O2/c1-5-9(3)11-7-12(10(4)6-2)14-8-13-11/h9-12H,5-8H2,1-4H3/t9?,10?,11-,12+. The van der Waals surface area contributed by atoms with Crippen molar-refractivity contribution in [2.75, 3.05) is 6.79 Å². The van der Waals surface area contributed by atoms with Crippen molar-refractivity contribution >= 4 is 0 Å². The van der Waals surface area contributed by atoms with Crippen molar-refractivity contribution in [3.63, 3.8) is 0 Å². The Morgan fingerprint density at radius 1 is 1.00 bits per heavy atom. The second-order valence-corrected chi connectivity index (χ2v) is 4.53. The van der Waals surface area contributed by atoms with Gasteiger partial charge in [0.2, 0.25) is 0 Å². The van der Waals surface area contributed by atoms with E-state index in [1.54, 1.807) is 0 Å². The van der Waals surface area contributed by atoms with E-state index in [0.29, 0.717) is 30.8 Å². The van der Waals surface area contributed by atoms with Crippen molar-refractivity contribution in [3.8, 4) is 0 Å². The maximum Gasteiger partial charge on any atom is 0.147 e. The molecule has 1 aliphatic rings. The van der Waals surface area contributed by atoms with E-state index in [1.165, 1.54) is 12.8 Å². The molecular weight excluding hydrogens is 176 g/mol. The van der Waals surface area contributed by atoms with Gasteiger partial charge in [-0.05, 0) is 11.8 Å². The third kappa shape index (κ3) is 2.96. The van der Waals surface area contributed by atoms with Crippen LogP contribution in [0.1, 0.15) is 47.0 Å². The fourth-order valence-electron chi connectivity index (χ4n) is 1.90. The molecule has 0 bridgehead atoms. The third-order valence-electron chi connectivity index (χ3n) is 3.59. The molecule has 1 rings (SSSR count). The molecule has 4 atom stereocenters. The number of hydrogen-bond acceptors (Lipinski definition) is 2. The molecule has 2 heteroatoms. The Labute approximate surface area is 88.0 Å². The van der Waals surface area contributed by atoms with Crippen LogP contribution in [0.25, 0.3) is 0 Å². The summed E-state index contributed by atoms with van der Waals surface area (Å²) in [5.74, 6) is 1.32. The Bertz CT molecular complexity index is 142. The van der Waals surface area contributed by atoms with Gasteiger partial charge in [0.1, 0.15) is 6.79 Å². The monoisotopic (exact) mass is 200 g/mol. The second kappa shape index (κ2) is 5.72. The Morgan fingerprint density at radius 2 is 1.43 bits per heavy atom. The molecule has 0 amide bonds. The summed E-state index contributed by atoms with van der Waals surface area (Å²) in [6.07, 6.45) is 4.28. The summed E-state index contributed by atoms with van der Waals surface area (Å²) in [7, 11) is 0. The largest absolute Gasteiger partial charge is 0.352 e. The Hall–Kier alpha value is -0.0800. The van der Waals surface area contributed by atoms with Gasteiger partial charge < -0.3 is 9.47 Å². The van der Waals surface area contributed by atoms with Gasteiger partial charge in [-0.1, -0.05) is 40.5 Å². The molecule has 0 aromatic rings. The number of ether oxygens (including phenoxy) is 2. The summed E-state index contributed by atoms with van der Waals surface area (Å²) in [5, 5.41) is 0. The molecule has 0 N–H and O–H groups in total. The predicted octanol–water partition coefficient (Wildman–Crippen LogP) is 3.21. The molecule has 1 heterocycles. The zero-order valence-electron chi connectivity index (χ0n) is 9.95. The zero-order valence-corrected chi connectivity index (χ0v) is 9.95. The van der Waals surface area contributed by atoms with Crippen molar-refractivity contribution in [1.82, 2.24) is 0 Å². The fraction of sp³-hybridized carbons (Fsp3) is 1.00. The van der Waals surface area contributed by atoms with Gasteiger partial charge in [-0.15, -0.1) is 0 Å². The first-order valence-electron chi connectivity index (χ1n) is 5.92. The van der Waals surface area contributed by atoms with E-state index in [4.69, 9.17) is 9.47 Å². The number of hydrogen-bond donors (Lipinski definition) is 0. The van der Waals surface area contributed by atoms with Gasteiger partial charge in [0, 0.05) is 6.42 Å². The van der Waals surface area contributed by atoms with Crippen molar-refractivity contribution in [2.24, 2.45) is 11.8 Å². The van der Waals surface area contributed by atoms with E-state index in [1.807, 2.05) is 0 Å². The molecule has 1 aliphatic heterocycles. The molecule has 0 aromatic heterocycles. The highest BCUT2D eigenvalue weighted by molar-refractivity contribution is 4.76. The highest BCUT2D eigenvalue weighted by atomic mass is 16.7. The average Bonchev–Trinajstić information content (AvgIpc) is 2.27. The maximum atomic E-state index is 5.63. The molecule has 0 spiro atoms. The lowest BCUT2D eigenvalue weighted by Gasteiger charge is -2.35. The molecule has 0 radical (unpaired) electrons. The number of rotatable bonds is 4. The lowest BCUT2D eigenvalue weighted by molar-refractivity contribution is -0.199. The first-order chi connectivity index (χ1) is 6.69. The van der Waals surface area contributed by atoms with Gasteiger partial charge in [0.25, 0.3) is 0 Å². The fourth-order valence-corrected chi connectivity index (χ4v) is 1.90. The Balaban J connectivity index is 2.43. The van der Waals surface area contributed by atoms with Gasteiger partial charge in [-0.2, -0.15) is 0 Å². The maximum absolute atomic E-state index is 5.63. The molecule has 0 aliphatic carbocycles.